The zero-order valence-electron chi connectivity index (χ0n) is 9.83. The van der Waals surface area contributed by atoms with Crippen molar-refractivity contribution in [3.8, 4) is 0 Å². The molecule has 0 aliphatic rings. The van der Waals surface area contributed by atoms with E-state index in [0.717, 1.165) is 0 Å². The highest BCUT2D eigenvalue weighted by Gasteiger charge is 1.93. The fourth-order valence-corrected chi connectivity index (χ4v) is 0.838. The van der Waals surface area contributed by atoms with E-state index in [0.29, 0.717) is 5.92 Å². The molecule has 0 heterocycles. The Morgan fingerprint density at radius 3 is 1.82 bits per heavy atom. The summed E-state index contributed by atoms with van der Waals surface area (Å²) < 4.78 is 0. The van der Waals surface area contributed by atoms with E-state index < -0.39 is 5.09 Å². The number of hydrogen-bond donors (Lipinski definition) is 4. The first-order valence-electron chi connectivity index (χ1n) is 4.75. The van der Waals surface area contributed by atoms with Gasteiger partial charge in [-0.25, -0.2) is 0 Å². The topological polar surface area (TPSA) is 139 Å². The molecule has 1 rings (SSSR count). The standard InChI is InChI=1S/C9H12.CH5N3.HNO3/c1-8(2)9-6-4-3-5-7-9;2*2-1(3)4/h3-8H,1-2H3;(H5,2,3,4);(H,2,3,4). The Kier molecular flexibility index (Phi) is 10.3. The second-order valence-electron chi connectivity index (χ2n) is 3.26. The largest absolute Gasteiger partial charge is 0.370 e. The van der Waals surface area contributed by atoms with Crippen molar-refractivity contribution in [1.82, 2.24) is 0 Å². The molecule has 1 aromatic carbocycles. The summed E-state index contributed by atoms with van der Waals surface area (Å²) in [6.45, 7) is 4.41. The summed E-state index contributed by atoms with van der Waals surface area (Å²) in [5, 5.41) is 19.7. The van der Waals surface area contributed by atoms with Crippen molar-refractivity contribution in [2.75, 3.05) is 0 Å². The maximum atomic E-state index is 8.36. The summed E-state index contributed by atoms with van der Waals surface area (Å²) >= 11 is 0. The van der Waals surface area contributed by atoms with Crippen LogP contribution in [0.15, 0.2) is 30.3 Å². The molecular formula is C10H18N4O3. The summed E-state index contributed by atoms with van der Waals surface area (Å²) in [5.41, 5.74) is 10.4. The van der Waals surface area contributed by atoms with Crippen LogP contribution in [-0.4, -0.2) is 16.3 Å². The van der Waals surface area contributed by atoms with Gasteiger partial charge in [-0.2, -0.15) is 0 Å². The van der Waals surface area contributed by atoms with Crippen LogP contribution < -0.4 is 11.5 Å². The average Bonchev–Trinajstić information content (AvgIpc) is 2.17. The van der Waals surface area contributed by atoms with Crippen molar-refractivity contribution in [3.63, 3.8) is 0 Å². The normalized spacial score (nSPS) is 8.18. The molecule has 0 radical (unpaired) electrons. The van der Waals surface area contributed by atoms with Crippen molar-refractivity contribution in [3.05, 3.63) is 46.0 Å². The fraction of sp³-hybridized carbons (Fsp3) is 0.300. The summed E-state index contributed by atoms with van der Waals surface area (Å²) in [7, 11) is 0. The number of nitrogens with zero attached hydrogens (tertiary/aromatic N) is 1. The molecule has 0 aliphatic heterocycles. The van der Waals surface area contributed by atoms with Gasteiger partial charge in [0, 0.05) is 0 Å². The summed E-state index contributed by atoms with van der Waals surface area (Å²) in [6.07, 6.45) is 0. The first-order chi connectivity index (χ1) is 7.77. The molecule has 96 valence electrons. The maximum absolute atomic E-state index is 8.36. The van der Waals surface area contributed by atoms with E-state index in [1.165, 1.54) is 5.56 Å². The molecule has 7 heteroatoms. The van der Waals surface area contributed by atoms with E-state index in [-0.39, 0.29) is 5.96 Å². The second kappa shape index (κ2) is 10.2. The number of rotatable bonds is 1. The zero-order chi connectivity index (χ0) is 13.8. The molecular weight excluding hydrogens is 224 g/mol. The van der Waals surface area contributed by atoms with Gasteiger partial charge in [-0.05, 0) is 11.5 Å². The number of benzene rings is 1. The lowest BCUT2D eigenvalue weighted by molar-refractivity contribution is -0.742. The molecule has 0 amide bonds. The number of hydrogen-bond acceptors (Lipinski definition) is 3. The molecule has 0 aliphatic carbocycles. The molecule has 0 saturated carbocycles. The van der Waals surface area contributed by atoms with Gasteiger partial charge in [-0.15, -0.1) is 10.1 Å². The third kappa shape index (κ3) is 19.9. The molecule has 17 heavy (non-hydrogen) atoms. The molecule has 0 aromatic heterocycles. The average molecular weight is 242 g/mol. The van der Waals surface area contributed by atoms with Crippen LogP contribution in [-0.2, 0) is 0 Å². The highest BCUT2D eigenvalue weighted by molar-refractivity contribution is 5.71. The van der Waals surface area contributed by atoms with E-state index in [4.69, 9.17) is 20.7 Å². The molecule has 0 saturated heterocycles. The number of guanidine groups is 1. The van der Waals surface area contributed by atoms with Crippen molar-refractivity contribution in [2.45, 2.75) is 19.8 Å². The molecule has 7 nitrogen and oxygen atoms in total. The van der Waals surface area contributed by atoms with Crippen LogP contribution in [0.3, 0.4) is 0 Å². The van der Waals surface area contributed by atoms with Crippen molar-refractivity contribution < 1.29 is 10.3 Å². The maximum Gasteiger partial charge on any atom is 0.291 e. The van der Waals surface area contributed by atoms with Gasteiger partial charge in [0.15, 0.2) is 5.96 Å². The molecule has 0 bridgehead atoms. The Balaban J connectivity index is 0. The minimum atomic E-state index is -1.50. The highest BCUT2D eigenvalue weighted by Crippen LogP contribution is 2.11. The van der Waals surface area contributed by atoms with Crippen LogP contribution in [0.5, 0.6) is 0 Å². The second-order valence-corrected chi connectivity index (χ2v) is 3.26. The first-order valence-corrected chi connectivity index (χ1v) is 4.75. The van der Waals surface area contributed by atoms with E-state index in [1.54, 1.807) is 0 Å². The van der Waals surface area contributed by atoms with Crippen molar-refractivity contribution >= 4 is 5.96 Å². The van der Waals surface area contributed by atoms with E-state index >= 15 is 0 Å². The number of nitrogens with two attached hydrogens (primary N) is 2. The predicted molar refractivity (Wildman–Crippen MR) is 65.4 cm³/mol. The monoisotopic (exact) mass is 242 g/mol. The Morgan fingerprint density at radius 2 is 1.65 bits per heavy atom. The molecule has 0 fully saturated rings. The molecule has 6 N–H and O–H groups in total. The Morgan fingerprint density at radius 1 is 1.35 bits per heavy atom. The minimum absolute atomic E-state index is 0.333. The third-order valence-corrected chi connectivity index (χ3v) is 1.47. The SMILES string of the molecule is CC(C)c1ccccc1.N=C(N)N.O=[N+]([O-])O. The van der Waals surface area contributed by atoms with E-state index in [2.05, 4.69) is 49.6 Å². The van der Waals surface area contributed by atoms with Gasteiger partial charge in [-0.1, -0.05) is 44.2 Å². The molecule has 1 aromatic rings. The molecule has 0 atom stereocenters. The fourth-order valence-electron chi connectivity index (χ4n) is 0.838. The lowest BCUT2D eigenvalue weighted by atomic mass is 10.0. The zero-order valence-corrected chi connectivity index (χ0v) is 9.83. The molecule has 0 spiro atoms. The third-order valence-electron chi connectivity index (χ3n) is 1.47. The first kappa shape index (κ1) is 17.1. The Bertz CT molecular complexity index is 308. The van der Waals surface area contributed by atoms with Crippen LogP contribution >= 0.6 is 0 Å². The van der Waals surface area contributed by atoms with Crippen LogP contribution in [0.25, 0.3) is 0 Å². The van der Waals surface area contributed by atoms with Gasteiger partial charge < -0.3 is 16.7 Å². The van der Waals surface area contributed by atoms with E-state index in [9.17, 15) is 0 Å². The van der Waals surface area contributed by atoms with Crippen molar-refractivity contribution in [2.24, 2.45) is 11.5 Å². The summed E-state index contributed by atoms with van der Waals surface area (Å²) in [6, 6.07) is 10.5. The summed E-state index contributed by atoms with van der Waals surface area (Å²) in [4.78, 5) is 8.36. The highest BCUT2D eigenvalue weighted by atomic mass is 16.9. The van der Waals surface area contributed by atoms with Gasteiger partial charge in [0.2, 0.25) is 0 Å². The quantitative estimate of drug-likeness (QED) is 0.254. The van der Waals surface area contributed by atoms with Gasteiger partial charge in [0.05, 0.1) is 0 Å². The van der Waals surface area contributed by atoms with Gasteiger partial charge in [0.1, 0.15) is 0 Å². The Labute approximate surface area is 99.7 Å². The summed E-state index contributed by atoms with van der Waals surface area (Å²) in [5.74, 6) is 0.325. The van der Waals surface area contributed by atoms with Crippen LogP contribution in [0.1, 0.15) is 25.3 Å². The van der Waals surface area contributed by atoms with Gasteiger partial charge in [0.25, 0.3) is 5.09 Å². The van der Waals surface area contributed by atoms with Crippen LogP contribution in [0, 0.1) is 15.5 Å². The lowest BCUT2D eigenvalue weighted by Gasteiger charge is -2.01. The van der Waals surface area contributed by atoms with Crippen LogP contribution in [0.4, 0.5) is 0 Å². The van der Waals surface area contributed by atoms with Crippen LogP contribution in [0.2, 0.25) is 0 Å². The molecule has 0 unspecified atom stereocenters. The number of nitrogens with one attached hydrogen (secondary N) is 1. The predicted octanol–water partition coefficient (Wildman–Crippen LogP) is 1.30. The lowest BCUT2D eigenvalue weighted by Crippen LogP contribution is -2.20. The smallest absolute Gasteiger partial charge is 0.291 e. The minimum Gasteiger partial charge on any atom is -0.370 e. The van der Waals surface area contributed by atoms with Gasteiger partial charge in [-0.3, -0.25) is 5.41 Å². The Hall–Kier alpha value is -2.31. The van der Waals surface area contributed by atoms with Crippen molar-refractivity contribution in [1.29, 1.82) is 5.41 Å². The van der Waals surface area contributed by atoms with E-state index in [1.807, 2.05) is 6.07 Å². The van der Waals surface area contributed by atoms with Gasteiger partial charge >= 0.3 is 0 Å².